The molecule has 0 saturated carbocycles. The number of hydrogen-bond acceptors (Lipinski definition) is 5. The van der Waals surface area contributed by atoms with Crippen LogP contribution in [0.5, 0.6) is 5.75 Å². The van der Waals surface area contributed by atoms with E-state index in [-0.39, 0.29) is 5.82 Å². The summed E-state index contributed by atoms with van der Waals surface area (Å²) in [7, 11) is 1.60. The van der Waals surface area contributed by atoms with Crippen LogP contribution in [0.2, 0.25) is 0 Å². The Morgan fingerprint density at radius 3 is 3.11 bits per heavy atom. The number of fused-ring (bicyclic) bond motifs is 3. The Morgan fingerprint density at radius 1 is 1.30 bits per heavy atom. The molecule has 27 heavy (non-hydrogen) atoms. The third-order valence-electron chi connectivity index (χ3n) is 5.93. The Bertz CT molecular complexity index is 873. The first-order valence-electron chi connectivity index (χ1n) is 9.57. The lowest BCUT2D eigenvalue weighted by Gasteiger charge is -2.33. The SMILES string of the molecule is COc1ccc(F)cc1Nc1cc2c3c(c1)[C@@H]1CNCC[C@@H]1N3CCOC2. The molecule has 2 atom stereocenters. The van der Waals surface area contributed by atoms with Crippen LogP contribution in [0, 0.1) is 5.82 Å². The van der Waals surface area contributed by atoms with Gasteiger partial charge in [0.15, 0.2) is 0 Å². The molecule has 5 rings (SSSR count). The molecule has 2 N–H and O–H groups in total. The van der Waals surface area contributed by atoms with Crippen LogP contribution in [0.3, 0.4) is 0 Å². The van der Waals surface area contributed by atoms with Gasteiger partial charge < -0.3 is 25.0 Å². The summed E-state index contributed by atoms with van der Waals surface area (Å²) in [5.41, 5.74) is 5.50. The fraction of sp³-hybridized carbons (Fsp3) is 0.429. The van der Waals surface area contributed by atoms with Crippen LogP contribution in [0.1, 0.15) is 23.5 Å². The van der Waals surface area contributed by atoms with Crippen LogP contribution in [-0.4, -0.2) is 39.4 Å². The van der Waals surface area contributed by atoms with E-state index >= 15 is 0 Å². The lowest BCUT2D eigenvalue weighted by Crippen LogP contribution is -2.44. The number of hydrogen-bond donors (Lipinski definition) is 2. The average molecular weight is 369 g/mol. The molecule has 0 unspecified atom stereocenters. The van der Waals surface area contributed by atoms with E-state index in [1.807, 2.05) is 0 Å². The molecule has 1 fully saturated rings. The van der Waals surface area contributed by atoms with Gasteiger partial charge in [0.2, 0.25) is 0 Å². The van der Waals surface area contributed by atoms with Gasteiger partial charge in [-0.1, -0.05) is 0 Å². The number of nitrogens with zero attached hydrogens (tertiary/aromatic N) is 1. The minimum atomic E-state index is -0.288. The molecule has 0 radical (unpaired) electrons. The summed E-state index contributed by atoms with van der Waals surface area (Å²) >= 11 is 0. The molecule has 5 nitrogen and oxygen atoms in total. The maximum atomic E-state index is 13.8. The highest BCUT2D eigenvalue weighted by atomic mass is 19.1. The van der Waals surface area contributed by atoms with Crippen LogP contribution in [0.25, 0.3) is 0 Å². The molecule has 0 bridgehead atoms. The molecule has 0 aliphatic carbocycles. The third kappa shape index (κ3) is 2.84. The van der Waals surface area contributed by atoms with Gasteiger partial charge in [0, 0.05) is 48.1 Å². The maximum Gasteiger partial charge on any atom is 0.142 e. The highest BCUT2D eigenvalue weighted by molar-refractivity contribution is 5.75. The van der Waals surface area contributed by atoms with Crippen molar-refractivity contribution in [3.63, 3.8) is 0 Å². The Balaban J connectivity index is 1.57. The summed E-state index contributed by atoms with van der Waals surface area (Å²) in [4.78, 5) is 2.55. The minimum Gasteiger partial charge on any atom is -0.495 e. The van der Waals surface area contributed by atoms with Gasteiger partial charge in [-0.05, 0) is 42.8 Å². The summed E-state index contributed by atoms with van der Waals surface area (Å²) in [5.74, 6) is 0.822. The van der Waals surface area contributed by atoms with Crippen molar-refractivity contribution in [2.24, 2.45) is 0 Å². The van der Waals surface area contributed by atoms with Gasteiger partial charge in [-0.25, -0.2) is 4.39 Å². The third-order valence-corrected chi connectivity index (χ3v) is 5.93. The van der Waals surface area contributed by atoms with Gasteiger partial charge >= 0.3 is 0 Å². The zero-order valence-corrected chi connectivity index (χ0v) is 15.4. The zero-order valence-electron chi connectivity index (χ0n) is 15.4. The van der Waals surface area contributed by atoms with Crippen molar-refractivity contribution in [3.05, 3.63) is 47.3 Å². The summed E-state index contributed by atoms with van der Waals surface area (Å²) in [5, 5.41) is 6.91. The van der Waals surface area contributed by atoms with Crippen LogP contribution < -0.4 is 20.3 Å². The monoisotopic (exact) mass is 369 g/mol. The summed E-state index contributed by atoms with van der Waals surface area (Å²) in [6.45, 7) is 4.38. The largest absolute Gasteiger partial charge is 0.495 e. The van der Waals surface area contributed by atoms with E-state index in [0.29, 0.717) is 30.0 Å². The summed E-state index contributed by atoms with van der Waals surface area (Å²) < 4.78 is 25.0. The number of piperidine rings is 1. The molecule has 3 aliphatic heterocycles. The average Bonchev–Trinajstić information content (AvgIpc) is 2.84. The second kappa shape index (κ2) is 6.69. The lowest BCUT2D eigenvalue weighted by molar-refractivity contribution is 0.130. The fourth-order valence-corrected chi connectivity index (χ4v) is 4.79. The predicted molar refractivity (Wildman–Crippen MR) is 104 cm³/mol. The van der Waals surface area contributed by atoms with Gasteiger partial charge in [0.05, 0.1) is 26.0 Å². The van der Waals surface area contributed by atoms with Crippen LogP contribution in [-0.2, 0) is 11.3 Å². The van der Waals surface area contributed by atoms with Crippen molar-refractivity contribution in [1.29, 1.82) is 0 Å². The fourth-order valence-electron chi connectivity index (χ4n) is 4.79. The Kier molecular flexibility index (Phi) is 4.17. The molecule has 3 aliphatic rings. The van der Waals surface area contributed by atoms with E-state index in [9.17, 15) is 4.39 Å². The van der Waals surface area contributed by atoms with Gasteiger partial charge in [-0.2, -0.15) is 0 Å². The highest BCUT2D eigenvalue weighted by Crippen LogP contribution is 2.47. The van der Waals surface area contributed by atoms with Crippen molar-refractivity contribution in [2.45, 2.75) is 25.0 Å². The zero-order chi connectivity index (χ0) is 18.4. The molecular formula is C21H24FN3O2. The Morgan fingerprint density at radius 2 is 2.22 bits per heavy atom. The van der Waals surface area contributed by atoms with Crippen LogP contribution in [0.4, 0.5) is 21.5 Å². The molecule has 2 aromatic carbocycles. The summed E-state index contributed by atoms with van der Waals surface area (Å²) in [6, 6.07) is 9.42. The van der Waals surface area contributed by atoms with Crippen molar-refractivity contribution in [2.75, 3.05) is 43.6 Å². The second-order valence-corrected chi connectivity index (χ2v) is 7.46. The maximum absolute atomic E-state index is 13.8. The first-order valence-corrected chi connectivity index (χ1v) is 9.57. The van der Waals surface area contributed by atoms with Crippen molar-refractivity contribution in [3.8, 4) is 5.75 Å². The molecule has 3 heterocycles. The van der Waals surface area contributed by atoms with E-state index in [2.05, 4.69) is 27.7 Å². The first kappa shape index (κ1) is 16.8. The number of benzene rings is 2. The molecule has 0 spiro atoms. The molecule has 2 aromatic rings. The van der Waals surface area contributed by atoms with Crippen LogP contribution >= 0.6 is 0 Å². The lowest BCUT2D eigenvalue weighted by atomic mass is 9.89. The molecule has 1 saturated heterocycles. The molecule has 6 heteroatoms. The smallest absolute Gasteiger partial charge is 0.142 e. The van der Waals surface area contributed by atoms with Gasteiger partial charge in [0.25, 0.3) is 0 Å². The number of anilines is 3. The number of rotatable bonds is 3. The molecule has 0 amide bonds. The molecule has 142 valence electrons. The molecule has 0 aromatic heterocycles. The highest BCUT2D eigenvalue weighted by Gasteiger charge is 2.41. The topological polar surface area (TPSA) is 45.8 Å². The van der Waals surface area contributed by atoms with Crippen LogP contribution in [0.15, 0.2) is 30.3 Å². The van der Waals surface area contributed by atoms with Crippen molar-refractivity contribution < 1.29 is 13.9 Å². The van der Waals surface area contributed by atoms with E-state index < -0.39 is 0 Å². The number of ether oxygens (including phenoxy) is 2. The summed E-state index contributed by atoms with van der Waals surface area (Å²) in [6.07, 6.45) is 1.15. The van der Waals surface area contributed by atoms with Gasteiger partial charge in [-0.3, -0.25) is 0 Å². The minimum absolute atomic E-state index is 0.288. The quantitative estimate of drug-likeness (QED) is 0.869. The number of halogens is 1. The van der Waals surface area contributed by atoms with Gasteiger partial charge in [0.1, 0.15) is 11.6 Å². The van der Waals surface area contributed by atoms with Crippen molar-refractivity contribution in [1.82, 2.24) is 5.32 Å². The second-order valence-electron chi connectivity index (χ2n) is 7.46. The first-order chi connectivity index (χ1) is 13.2. The number of methoxy groups -OCH3 is 1. The van der Waals surface area contributed by atoms with E-state index in [0.717, 1.165) is 38.3 Å². The van der Waals surface area contributed by atoms with Crippen molar-refractivity contribution >= 4 is 17.1 Å². The Hall–Kier alpha value is -2.31. The predicted octanol–water partition coefficient (Wildman–Crippen LogP) is 3.37. The van der Waals surface area contributed by atoms with Gasteiger partial charge in [-0.15, -0.1) is 0 Å². The Labute approximate surface area is 158 Å². The van der Waals surface area contributed by atoms with E-state index in [1.165, 1.54) is 28.9 Å². The normalized spacial score (nSPS) is 23.4. The standard InChI is InChI=1S/C21H24FN3O2/c1-26-20-3-2-14(22)9-18(20)24-15-8-13-12-27-7-6-25-19-4-5-23-11-17(19)16(10-15)21(13)25/h2-3,8-10,17,19,23-24H,4-7,11-12H2,1H3/t17-,19-/m0/s1. The number of nitrogens with one attached hydrogen (secondary N) is 2. The van der Waals surface area contributed by atoms with E-state index in [1.54, 1.807) is 13.2 Å². The molecular weight excluding hydrogens is 345 g/mol. The van der Waals surface area contributed by atoms with E-state index in [4.69, 9.17) is 9.47 Å².